The zero-order valence-electron chi connectivity index (χ0n) is 20.7. The summed E-state index contributed by atoms with van der Waals surface area (Å²) in [7, 11) is 0. The van der Waals surface area contributed by atoms with Crippen LogP contribution in [0.5, 0.6) is 0 Å². The van der Waals surface area contributed by atoms with Crippen LogP contribution in [0.2, 0.25) is 5.02 Å². The first kappa shape index (κ1) is 26.7. The van der Waals surface area contributed by atoms with Crippen molar-refractivity contribution in [3.63, 3.8) is 0 Å². The minimum atomic E-state index is -4.63. The van der Waals surface area contributed by atoms with Gasteiger partial charge in [-0.15, -0.1) is 0 Å². The van der Waals surface area contributed by atoms with Gasteiger partial charge in [0.25, 0.3) is 5.91 Å². The third-order valence-corrected chi connectivity index (χ3v) is 7.07. The summed E-state index contributed by atoms with van der Waals surface area (Å²) >= 11 is 6.11. The predicted molar refractivity (Wildman–Crippen MR) is 143 cm³/mol. The van der Waals surface area contributed by atoms with Gasteiger partial charge in [0.05, 0.1) is 27.4 Å². The first-order valence-corrected chi connectivity index (χ1v) is 12.9. The van der Waals surface area contributed by atoms with Crippen LogP contribution in [0.25, 0.3) is 10.9 Å². The van der Waals surface area contributed by atoms with Crippen LogP contribution in [-0.4, -0.2) is 16.9 Å². The molecule has 0 aliphatic heterocycles. The fourth-order valence-corrected chi connectivity index (χ4v) is 5.01. The zero-order valence-corrected chi connectivity index (χ0v) is 21.5. The first-order chi connectivity index (χ1) is 18.7. The van der Waals surface area contributed by atoms with Crippen molar-refractivity contribution >= 4 is 40.1 Å². The molecule has 0 saturated carbocycles. The molecule has 0 saturated heterocycles. The van der Waals surface area contributed by atoms with Gasteiger partial charge in [-0.05, 0) is 55.5 Å². The summed E-state index contributed by atoms with van der Waals surface area (Å²) in [5.41, 5.74) is 1.82. The van der Waals surface area contributed by atoms with Crippen LogP contribution in [-0.2, 0) is 28.5 Å². The van der Waals surface area contributed by atoms with Crippen LogP contribution in [0, 0.1) is 0 Å². The molecule has 0 fully saturated rings. The van der Waals surface area contributed by atoms with Crippen molar-refractivity contribution < 1.29 is 27.5 Å². The molecule has 5 rings (SSSR count). The van der Waals surface area contributed by atoms with E-state index in [1.54, 1.807) is 42.5 Å². The van der Waals surface area contributed by atoms with E-state index in [1.807, 2.05) is 12.1 Å². The highest BCUT2D eigenvalue weighted by Gasteiger charge is 2.33. The van der Waals surface area contributed by atoms with E-state index in [0.29, 0.717) is 28.5 Å². The number of carbonyl (C=O) groups excluding carboxylic acids is 2. The van der Waals surface area contributed by atoms with Crippen LogP contribution < -0.4 is 5.32 Å². The van der Waals surface area contributed by atoms with Crippen LogP contribution in [0.4, 0.5) is 18.9 Å². The Bertz CT molecular complexity index is 1540. The maximum absolute atomic E-state index is 13.8. The Hall–Kier alpha value is -3.91. The topological polar surface area (TPSA) is 68.3 Å². The van der Waals surface area contributed by atoms with Crippen molar-refractivity contribution in [3.05, 3.63) is 106 Å². The maximum Gasteiger partial charge on any atom is 0.416 e. The number of halogens is 4. The van der Waals surface area contributed by atoms with Crippen molar-refractivity contribution in [2.45, 2.75) is 44.4 Å². The van der Waals surface area contributed by atoms with Gasteiger partial charge in [0.2, 0.25) is 6.10 Å². The summed E-state index contributed by atoms with van der Waals surface area (Å²) in [6.45, 7) is 0. The quantitative estimate of drug-likeness (QED) is 0.203. The number of hydrogen-bond donors (Lipinski definition) is 1. The zero-order chi connectivity index (χ0) is 27.6. The molecule has 4 aromatic rings. The lowest BCUT2D eigenvalue weighted by molar-refractivity contribution is -0.137. The second kappa shape index (κ2) is 11.1. The van der Waals surface area contributed by atoms with Crippen LogP contribution in [0.1, 0.15) is 58.1 Å². The summed E-state index contributed by atoms with van der Waals surface area (Å²) < 4.78 is 45.7. The third kappa shape index (κ3) is 5.76. The number of carbonyl (C=O) groups is 2. The maximum atomic E-state index is 13.8. The number of nitrogens with one attached hydrogen (secondary N) is 1. The van der Waals surface area contributed by atoms with Crippen molar-refractivity contribution in [1.29, 1.82) is 0 Å². The van der Waals surface area contributed by atoms with Crippen molar-refractivity contribution in [1.82, 2.24) is 4.98 Å². The number of pyridine rings is 1. The minimum Gasteiger partial charge on any atom is -0.444 e. The number of para-hydroxylation sites is 1. The smallest absolute Gasteiger partial charge is 0.416 e. The molecule has 1 amide bonds. The number of esters is 1. The average molecular weight is 553 g/mol. The van der Waals surface area contributed by atoms with E-state index < -0.39 is 29.7 Å². The fourth-order valence-electron chi connectivity index (χ4n) is 4.84. The van der Waals surface area contributed by atoms with Crippen molar-refractivity contribution in [2.75, 3.05) is 5.32 Å². The monoisotopic (exact) mass is 552 g/mol. The van der Waals surface area contributed by atoms with Gasteiger partial charge in [-0.25, -0.2) is 4.79 Å². The highest BCUT2D eigenvalue weighted by atomic mass is 35.5. The summed E-state index contributed by atoms with van der Waals surface area (Å²) in [5, 5.41) is 2.97. The van der Waals surface area contributed by atoms with E-state index in [1.165, 1.54) is 0 Å². The number of benzene rings is 3. The Balaban J connectivity index is 1.53. The number of hydrogen-bond acceptors (Lipinski definition) is 4. The van der Waals surface area contributed by atoms with Gasteiger partial charge in [-0.3, -0.25) is 9.78 Å². The second-order valence-corrected chi connectivity index (χ2v) is 9.77. The van der Waals surface area contributed by atoms with Gasteiger partial charge in [0.15, 0.2) is 0 Å². The lowest BCUT2D eigenvalue weighted by Gasteiger charge is -2.21. The van der Waals surface area contributed by atoms with Crippen molar-refractivity contribution in [2.24, 2.45) is 0 Å². The molecule has 1 unspecified atom stereocenters. The Kier molecular flexibility index (Phi) is 7.57. The van der Waals surface area contributed by atoms with Crippen LogP contribution in [0.3, 0.4) is 0 Å². The summed E-state index contributed by atoms with van der Waals surface area (Å²) in [5.74, 6) is -1.54. The number of aromatic nitrogens is 1. The summed E-state index contributed by atoms with van der Waals surface area (Å²) in [6, 6.07) is 18.2. The average Bonchev–Trinajstić information content (AvgIpc) is 3.16. The Morgan fingerprint density at radius 2 is 1.64 bits per heavy atom. The molecule has 1 aliphatic carbocycles. The van der Waals surface area contributed by atoms with Gasteiger partial charge in [-0.2, -0.15) is 13.2 Å². The number of anilines is 1. The number of nitrogens with zero attached hydrogens (tertiary/aromatic N) is 1. The molecule has 200 valence electrons. The second-order valence-electron chi connectivity index (χ2n) is 9.37. The van der Waals surface area contributed by atoms with Crippen LogP contribution >= 0.6 is 11.6 Å². The van der Waals surface area contributed by atoms with Gasteiger partial charge in [0, 0.05) is 16.6 Å². The fraction of sp³-hybridized carbons (Fsp3) is 0.233. The van der Waals surface area contributed by atoms with Gasteiger partial charge in [0.1, 0.15) is 0 Å². The molecule has 1 heterocycles. The van der Waals surface area contributed by atoms with Gasteiger partial charge >= 0.3 is 12.1 Å². The molecule has 1 aliphatic rings. The molecule has 9 heteroatoms. The van der Waals surface area contributed by atoms with E-state index in [9.17, 15) is 22.8 Å². The number of ether oxygens (including phenoxy) is 1. The van der Waals surface area contributed by atoms with E-state index >= 15 is 0 Å². The molecule has 1 aromatic heterocycles. The standard InChI is InChI=1S/C30H24ClF3N2O3/c31-22-16-15-19(30(32,33)34)17-25(22)36-28(37)27(18-9-3-1-4-10-18)39-29(38)26-20-11-5-2-6-13-23(20)35-24-14-8-7-12-21(24)26/h1,3-4,7-10,12,14-17,27H,2,5-6,11,13H2,(H,36,37). The normalized spacial score (nSPS) is 14.3. The molecule has 39 heavy (non-hydrogen) atoms. The molecule has 0 radical (unpaired) electrons. The van der Waals surface area contributed by atoms with Crippen LogP contribution in [0.15, 0.2) is 72.8 Å². The number of fused-ring (bicyclic) bond motifs is 2. The number of amides is 1. The molecule has 1 N–H and O–H groups in total. The first-order valence-electron chi connectivity index (χ1n) is 12.6. The summed E-state index contributed by atoms with van der Waals surface area (Å²) in [4.78, 5) is 32.1. The van der Waals surface area contributed by atoms with Gasteiger partial charge < -0.3 is 10.1 Å². The molecule has 0 bridgehead atoms. The molecule has 0 spiro atoms. The Morgan fingerprint density at radius 3 is 2.41 bits per heavy atom. The van der Waals surface area contributed by atoms with E-state index in [4.69, 9.17) is 21.3 Å². The molecule has 3 aromatic carbocycles. The lowest BCUT2D eigenvalue weighted by Crippen LogP contribution is -2.27. The SMILES string of the molecule is O=C(OC(C(=O)Nc1cc(C(F)(F)F)ccc1Cl)c1ccccc1)c1c2c(nc3ccccc13)CCCCC2. The highest BCUT2D eigenvalue weighted by Crippen LogP contribution is 2.35. The molecule has 5 nitrogen and oxygen atoms in total. The largest absolute Gasteiger partial charge is 0.444 e. The van der Waals surface area contributed by atoms with E-state index in [-0.39, 0.29) is 10.7 Å². The van der Waals surface area contributed by atoms with Crippen molar-refractivity contribution in [3.8, 4) is 0 Å². The molecule has 1 atom stereocenters. The van der Waals surface area contributed by atoms with Gasteiger partial charge in [-0.1, -0.05) is 66.6 Å². The molecular formula is C30H24ClF3N2O3. The number of rotatable bonds is 5. The Morgan fingerprint density at radius 1 is 0.923 bits per heavy atom. The predicted octanol–water partition coefficient (Wildman–Crippen LogP) is 7.71. The molecular weight excluding hydrogens is 529 g/mol. The number of alkyl halides is 3. The third-order valence-electron chi connectivity index (χ3n) is 6.74. The Labute approximate surface area is 228 Å². The minimum absolute atomic E-state index is 0.0834. The number of aryl methyl sites for hydroxylation is 1. The van der Waals surface area contributed by atoms with E-state index in [0.717, 1.165) is 55.1 Å². The summed E-state index contributed by atoms with van der Waals surface area (Å²) in [6.07, 6.45) is -1.83. The highest BCUT2D eigenvalue weighted by molar-refractivity contribution is 6.33. The van der Waals surface area contributed by atoms with E-state index in [2.05, 4.69) is 5.32 Å². The lowest BCUT2D eigenvalue weighted by atomic mass is 9.97.